The predicted molar refractivity (Wildman–Crippen MR) is 93.5 cm³/mol. The molecule has 0 bridgehead atoms. The Labute approximate surface area is 136 Å². The average molecular weight is 304 g/mol. The summed E-state index contributed by atoms with van der Waals surface area (Å²) in [5.74, 6) is 0.165. The summed E-state index contributed by atoms with van der Waals surface area (Å²) >= 11 is 0. The van der Waals surface area contributed by atoms with Crippen molar-refractivity contribution in [2.24, 2.45) is 7.05 Å². The topological polar surface area (TPSA) is 25.2 Å². The average Bonchev–Trinajstić information content (AvgIpc) is 3.22. The molecule has 0 atom stereocenters. The van der Waals surface area contributed by atoms with Crippen LogP contribution in [0.15, 0.2) is 54.6 Å². The van der Waals surface area contributed by atoms with Gasteiger partial charge in [-0.25, -0.2) is 0 Å². The van der Waals surface area contributed by atoms with Crippen molar-refractivity contribution in [1.82, 2.24) is 9.47 Å². The number of aryl methyl sites for hydroxylation is 1. The van der Waals surface area contributed by atoms with Gasteiger partial charge in [-0.05, 0) is 24.5 Å². The van der Waals surface area contributed by atoms with Crippen LogP contribution < -0.4 is 0 Å². The molecule has 0 spiro atoms. The van der Waals surface area contributed by atoms with Crippen LogP contribution in [0.25, 0.3) is 22.2 Å². The molecule has 0 unspecified atom stereocenters. The van der Waals surface area contributed by atoms with Gasteiger partial charge in [0.15, 0.2) is 0 Å². The second-order valence-electron chi connectivity index (χ2n) is 6.17. The molecule has 1 amide bonds. The monoisotopic (exact) mass is 304 g/mol. The summed E-state index contributed by atoms with van der Waals surface area (Å²) in [5, 5.41) is 1.05. The number of benzene rings is 2. The van der Waals surface area contributed by atoms with Crippen molar-refractivity contribution in [3.8, 4) is 11.3 Å². The molecule has 0 N–H and O–H groups in total. The molecule has 0 aliphatic carbocycles. The Kier molecular flexibility index (Phi) is 3.41. The number of carbonyl (C=O) groups excluding carboxylic acids is 1. The van der Waals surface area contributed by atoms with Crippen LogP contribution in [0.3, 0.4) is 0 Å². The highest BCUT2D eigenvalue weighted by molar-refractivity contribution is 6.12. The van der Waals surface area contributed by atoms with Crippen molar-refractivity contribution < 1.29 is 4.79 Å². The lowest BCUT2D eigenvalue weighted by Gasteiger charge is -2.16. The smallest absolute Gasteiger partial charge is 0.256 e. The van der Waals surface area contributed by atoms with E-state index in [4.69, 9.17) is 0 Å². The fourth-order valence-electron chi connectivity index (χ4n) is 3.62. The summed E-state index contributed by atoms with van der Waals surface area (Å²) in [6, 6.07) is 18.4. The molecule has 3 heteroatoms. The van der Waals surface area contributed by atoms with Gasteiger partial charge in [0.2, 0.25) is 0 Å². The lowest BCUT2D eigenvalue weighted by atomic mass is 10.0. The van der Waals surface area contributed by atoms with Gasteiger partial charge in [-0.2, -0.15) is 0 Å². The third-order valence-electron chi connectivity index (χ3n) is 4.76. The van der Waals surface area contributed by atoms with Crippen LogP contribution in [0, 0.1) is 0 Å². The molecule has 1 fully saturated rings. The number of carbonyl (C=O) groups is 1. The number of amides is 1. The quantitative estimate of drug-likeness (QED) is 0.700. The minimum Gasteiger partial charge on any atom is -0.343 e. The molecule has 3 aromatic rings. The molecule has 1 saturated heterocycles. The molecule has 116 valence electrons. The summed E-state index contributed by atoms with van der Waals surface area (Å²) in [4.78, 5) is 15.2. The molecular weight excluding hydrogens is 284 g/mol. The predicted octanol–water partition coefficient (Wildman–Crippen LogP) is 4.08. The molecule has 3 nitrogen and oxygen atoms in total. The first-order chi connectivity index (χ1) is 11.3. The van der Waals surface area contributed by atoms with E-state index in [1.54, 1.807) is 0 Å². The van der Waals surface area contributed by atoms with Gasteiger partial charge in [0.25, 0.3) is 5.91 Å². The Hall–Kier alpha value is -2.55. The van der Waals surface area contributed by atoms with Gasteiger partial charge in [0, 0.05) is 31.0 Å². The van der Waals surface area contributed by atoms with E-state index in [1.165, 1.54) is 0 Å². The van der Waals surface area contributed by atoms with Crippen LogP contribution in [0.2, 0.25) is 0 Å². The van der Waals surface area contributed by atoms with Crippen LogP contribution in [-0.2, 0) is 7.05 Å². The van der Waals surface area contributed by atoms with E-state index >= 15 is 0 Å². The Morgan fingerprint density at radius 1 is 0.913 bits per heavy atom. The molecule has 1 aliphatic rings. The molecule has 1 aliphatic heterocycles. The normalized spacial score (nSPS) is 14.6. The maximum Gasteiger partial charge on any atom is 0.256 e. The van der Waals surface area contributed by atoms with Gasteiger partial charge < -0.3 is 9.47 Å². The zero-order chi connectivity index (χ0) is 15.8. The van der Waals surface area contributed by atoms with Gasteiger partial charge >= 0.3 is 0 Å². The Morgan fingerprint density at radius 2 is 1.57 bits per heavy atom. The van der Waals surface area contributed by atoms with E-state index < -0.39 is 0 Å². The summed E-state index contributed by atoms with van der Waals surface area (Å²) in [5.41, 5.74) is 4.06. The van der Waals surface area contributed by atoms with Crippen LogP contribution in [0.1, 0.15) is 23.2 Å². The van der Waals surface area contributed by atoms with E-state index in [1.807, 2.05) is 42.3 Å². The number of rotatable bonds is 2. The second-order valence-corrected chi connectivity index (χ2v) is 6.17. The SMILES string of the molecule is Cn1c(-c2ccccc2)c(C(=O)N2CCCC2)c2ccccc21. The minimum atomic E-state index is 0.165. The van der Waals surface area contributed by atoms with Crippen molar-refractivity contribution in [3.63, 3.8) is 0 Å². The van der Waals surface area contributed by atoms with E-state index in [2.05, 4.69) is 28.8 Å². The van der Waals surface area contributed by atoms with Gasteiger partial charge in [-0.15, -0.1) is 0 Å². The number of aromatic nitrogens is 1. The fourth-order valence-corrected chi connectivity index (χ4v) is 3.62. The van der Waals surface area contributed by atoms with Crippen LogP contribution in [0.4, 0.5) is 0 Å². The minimum absolute atomic E-state index is 0.165. The maximum atomic E-state index is 13.2. The maximum absolute atomic E-state index is 13.2. The van der Waals surface area contributed by atoms with Crippen LogP contribution >= 0.6 is 0 Å². The number of hydrogen-bond donors (Lipinski definition) is 0. The first-order valence-corrected chi connectivity index (χ1v) is 8.19. The third kappa shape index (κ3) is 2.24. The van der Waals surface area contributed by atoms with Crippen molar-refractivity contribution in [1.29, 1.82) is 0 Å². The Balaban J connectivity index is 1.98. The van der Waals surface area contributed by atoms with Crippen molar-refractivity contribution in [3.05, 3.63) is 60.2 Å². The molecule has 0 saturated carbocycles. The highest BCUT2D eigenvalue weighted by atomic mass is 16.2. The Bertz CT molecular complexity index is 858. The molecule has 23 heavy (non-hydrogen) atoms. The number of nitrogens with zero attached hydrogens (tertiary/aromatic N) is 2. The van der Waals surface area contributed by atoms with Crippen LogP contribution in [0.5, 0.6) is 0 Å². The molecule has 2 aromatic carbocycles. The first kappa shape index (κ1) is 14.1. The van der Waals surface area contributed by atoms with Gasteiger partial charge in [-0.3, -0.25) is 4.79 Å². The zero-order valence-electron chi connectivity index (χ0n) is 13.3. The second kappa shape index (κ2) is 5.58. The van der Waals surface area contributed by atoms with E-state index in [0.29, 0.717) is 0 Å². The third-order valence-corrected chi connectivity index (χ3v) is 4.76. The van der Waals surface area contributed by atoms with Crippen LogP contribution in [-0.4, -0.2) is 28.5 Å². The highest BCUT2D eigenvalue weighted by Crippen LogP contribution is 2.34. The molecular formula is C20H20N2O. The number of likely N-dealkylation sites (tertiary alicyclic amines) is 1. The van der Waals surface area contributed by atoms with E-state index in [-0.39, 0.29) is 5.91 Å². The van der Waals surface area contributed by atoms with Crippen molar-refractivity contribution in [2.75, 3.05) is 13.1 Å². The lowest BCUT2D eigenvalue weighted by molar-refractivity contribution is 0.0795. The molecule has 1 aromatic heterocycles. The molecule has 4 rings (SSSR count). The van der Waals surface area contributed by atoms with Gasteiger partial charge in [-0.1, -0.05) is 48.5 Å². The van der Waals surface area contributed by atoms with E-state index in [9.17, 15) is 4.79 Å². The zero-order valence-corrected chi connectivity index (χ0v) is 13.3. The Morgan fingerprint density at radius 3 is 2.30 bits per heavy atom. The highest BCUT2D eigenvalue weighted by Gasteiger charge is 2.27. The summed E-state index contributed by atoms with van der Waals surface area (Å²) in [7, 11) is 2.05. The molecule has 2 heterocycles. The number of para-hydroxylation sites is 1. The first-order valence-electron chi connectivity index (χ1n) is 8.19. The van der Waals surface area contributed by atoms with Gasteiger partial charge in [0.1, 0.15) is 0 Å². The van der Waals surface area contributed by atoms with Crippen molar-refractivity contribution >= 4 is 16.8 Å². The summed E-state index contributed by atoms with van der Waals surface area (Å²) in [6.45, 7) is 1.74. The van der Waals surface area contributed by atoms with E-state index in [0.717, 1.165) is 53.7 Å². The number of hydrogen-bond acceptors (Lipinski definition) is 1. The van der Waals surface area contributed by atoms with Crippen molar-refractivity contribution in [2.45, 2.75) is 12.8 Å². The van der Waals surface area contributed by atoms with Gasteiger partial charge in [0.05, 0.1) is 11.3 Å². The largest absolute Gasteiger partial charge is 0.343 e. The fraction of sp³-hybridized carbons (Fsp3) is 0.250. The number of fused-ring (bicyclic) bond motifs is 1. The summed E-state index contributed by atoms with van der Waals surface area (Å²) < 4.78 is 2.15. The summed E-state index contributed by atoms with van der Waals surface area (Å²) in [6.07, 6.45) is 2.22. The standard InChI is InChI=1S/C20H20N2O/c1-21-17-12-6-5-11-16(17)18(20(23)22-13-7-8-14-22)19(21)15-9-3-2-4-10-15/h2-6,9-12H,7-8,13-14H2,1H3. The molecule has 0 radical (unpaired) electrons. The lowest BCUT2D eigenvalue weighted by Crippen LogP contribution is -2.28.